The van der Waals surface area contributed by atoms with Crippen molar-refractivity contribution >= 4 is 16.7 Å². The van der Waals surface area contributed by atoms with Gasteiger partial charge in [0.05, 0.1) is 6.54 Å². The first kappa shape index (κ1) is 18.0. The lowest BCUT2D eigenvalue weighted by Gasteiger charge is -2.21. The fourth-order valence-electron chi connectivity index (χ4n) is 2.07. The summed E-state index contributed by atoms with van der Waals surface area (Å²) in [5, 5.41) is 6.23. The fourth-order valence-corrected chi connectivity index (χ4v) is 2.82. The molecular formula is C15H12F3N5O2S. The van der Waals surface area contributed by atoms with Gasteiger partial charge >= 0.3 is 12.1 Å². The van der Waals surface area contributed by atoms with Gasteiger partial charge in [-0.1, -0.05) is 18.2 Å². The molecule has 0 amide bonds. The van der Waals surface area contributed by atoms with Crippen LogP contribution in [-0.2, 0) is 23.7 Å². The molecule has 1 unspecified atom stereocenters. The second-order valence-electron chi connectivity index (χ2n) is 5.12. The molecule has 11 heteroatoms. The Bertz CT molecular complexity index is 900. The van der Waals surface area contributed by atoms with Crippen LogP contribution in [-0.4, -0.2) is 30.6 Å². The molecule has 1 aromatic carbocycles. The largest absolute Gasteiger partial charge is 0.470 e. The first-order valence-corrected chi connectivity index (χ1v) is 8.74. The van der Waals surface area contributed by atoms with Gasteiger partial charge in [0, 0.05) is 29.9 Å². The maximum Gasteiger partial charge on any atom is 0.470 e. The highest BCUT2D eigenvalue weighted by Gasteiger charge is 2.38. The van der Waals surface area contributed by atoms with Gasteiger partial charge in [0.25, 0.3) is 5.89 Å². The summed E-state index contributed by atoms with van der Waals surface area (Å²) in [4.78, 5) is 7.90. The van der Waals surface area contributed by atoms with Crippen LogP contribution in [0.3, 0.4) is 0 Å². The van der Waals surface area contributed by atoms with Crippen molar-refractivity contribution in [1.82, 2.24) is 20.2 Å². The number of alkyl halides is 3. The van der Waals surface area contributed by atoms with E-state index in [4.69, 9.17) is 0 Å². The van der Waals surface area contributed by atoms with Crippen LogP contribution in [0.25, 0.3) is 11.7 Å². The second-order valence-corrected chi connectivity index (χ2v) is 6.41. The molecule has 3 rings (SSSR count). The van der Waals surface area contributed by atoms with E-state index in [-0.39, 0.29) is 12.4 Å². The zero-order valence-corrected chi connectivity index (χ0v) is 14.2. The predicted molar refractivity (Wildman–Crippen MR) is 87.0 cm³/mol. The van der Waals surface area contributed by atoms with Crippen molar-refractivity contribution < 1.29 is 21.8 Å². The molecule has 0 fully saturated rings. The van der Waals surface area contributed by atoms with Gasteiger partial charge in [0.2, 0.25) is 5.82 Å². The van der Waals surface area contributed by atoms with Crippen LogP contribution in [0.4, 0.5) is 18.9 Å². The second kappa shape index (κ2) is 7.20. The van der Waals surface area contributed by atoms with Crippen molar-refractivity contribution in [1.29, 1.82) is 0 Å². The van der Waals surface area contributed by atoms with Gasteiger partial charge in [-0.3, -0.25) is 4.31 Å². The number of hydrogen-bond donors (Lipinski definition) is 0. The normalized spacial score (nSPS) is 12.8. The van der Waals surface area contributed by atoms with Crippen LogP contribution in [0.5, 0.6) is 0 Å². The van der Waals surface area contributed by atoms with Gasteiger partial charge in [-0.25, -0.2) is 14.2 Å². The Hall–Kier alpha value is -2.82. The van der Waals surface area contributed by atoms with Gasteiger partial charge in [0.1, 0.15) is 11.0 Å². The zero-order chi connectivity index (χ0) is 18.7. The molecule has 0 bridgehead atoms. The van der Waals surface area contributed by atoms with Crippen molar-refractivity contribution in [2.45, 2.75) is 12.7 Å². The lowest BCUT2D eigenvalue weighted by atomic mass is 10.3. The molecular weight excluding hydrogens is 371 g/mol. The van der Waals surface area contributed by atoms with E-state index in [2.05, 4.69) is 24.6 Å². The van der Waals surface area contributed by atoms with Gasteiger partial charge in [-0.15, -0.1) is 10.2 Å². The Kier molecular flexibility index (Phi) is 4.98. The molecule has 136 valence electrons. The average Bonchev–Trinajstić information content (AvgIpc) is 3.11. The fraction of sp³-hybridized carbons (Fsp3) is 0.200. The van der Waals surface area contributed by atoms with Crippen LogP contribution in [0.1, 0.15) is 11.5 Å². The first-order valence-electron chi connectivity index (χ1n) is 7.22. The Morgan fingerprint density at radius 1 is 1.12 bits per heavy atom. The predicted octanol–water partition coefficient (Wildman–Crippen LogP) is 2.85. The van der Waals surface area contributed by atoms with Gasteiger partial charge in [0.15, 0.2) is 0 Å². The molecule has 0 saturated heterocycles. The third kappa shape index (κ3) is 4.04. The van der Waals surface area contributed by atoms with Gasteiger partial charge < -0.3 is 4.42 Å². The van der Waals surface area contributed by atoms with E-state index in [0.29, 0.717) is 5.56 Å². The van der Waals surface area contributed by atoms with E-state index >= 15 is 0 Å². The van der Waals surface area contributed by atoms with E-state index < -0.39 is 28.9 Å². The van der Waals surface area contributed by atoms with Crippen molar-refractivity contribution in [3.63, 3.8) is 0 Å². The Morgan fingerprint density at radius 2 is 1.77 bits per heavy atom. The van der Waals surface area contributed by atoms with E-state index in [1.165, 1.54) is 12.4 Å². The smallest absolute Gasteiger partial charge is 0.410 e. The van der Waals surface area contributed by atoms with Crippen LogP contribution in [0, 0.1) is 0 Å². The monoisotopic (exact) mass is 383 g/mol. The van der Waals surface area contributed by atoms with Crippen LogP contribution < -0.4 is 4.31 Å². The third-order valence-corrected chi connectivity index (χ3v) is 4.21. The van der Waals surface area contributed by atoms with Crippen molar-refractivity contribution in [3.05, 3.63) is 54.2 Å². The molecule has 2 heterocycles. The molecule has 0 aliphatic rings. The SMILES string of the molecule is CS(=O)N(Cc1cnc(-c2nnc(C(F)(F)F)o2)nc1)c1ccccc1. The number of nitrogens with zero attached hydrogens (tertiary/aromatic N) is 5. The summed E-state index contributed by atoms with van der Waals surface area (Å²) < 4.78 is 55.6. The van der Waals surface area contributed by atoms with Gasteiger partial charge in [-0.05, 0) is 12.1 Å². The molecule has 1 atom stereocenters. The lowest BCUT2D eigenvalue weighted by Crippen LogP contribution is -2.24. The molecule has 2 aromatic heterocycles. The molecule has 0 saturated carbocycles. The number of anilines is 1. The lowest BCUT2D eigenvalue weighted by molar-refractivity contribution is -0.156. The van der Waals surface area contributed by atoms with E-state index in [1.807, 2.05) is 30.3 Å². The summed E-state index contributed by atoms with van der Waals surface area (Å²) in [6.45, 7) is 0.255. The highest BCUT2D eigenvalue weighted by Crippen LogP contribution is 2.29. The molecule has 3 aromatic rings. The molecule has 0 spiro atoms. The Morgan fingerprint density at radius 3 is 2.31 bits per heavy atom. The van der Waals surface area contributed by atoms with Crippen molar-refractivity contribution in [3.8, 4) is 11.7 Å². The minimum atomic E-state index is -4.73. The first-order chi connectivity index (χ1) is 12.3. The Labute approximate surface area is 148 Å². The van der Waals surface area contributed by atoms with Crippen LogP contribution in [0.15, 0.2) is 47.1 Å². The summed E-state index contributed by atoms with van der Waals surface area (Å²) >= 11 is 0. The maximum atomic E-state index is 12.5. The summed E-state index contributed by atoms with van der Waals surface area (Å²) in [5.41, 5.74) is 1.37. The van der Waals surface area contributed by atoms with Crippen molar-refractivity contribution in [2.24, 2.45) is 0 Å². The van der Waals surface area contributed by atoms with Crippen LogP contribution >= 0.6 is 0 Å². The number of para-hydroxylation sites is 1. The average molecular weight is 383 g/mol. The Balaban J connectivity index is 1.79. The summed E-state index contributed by atoms with van der Waals surface area (Å²) in [6.07, 6.45) is -0.378. The zero-order valence-electron chi connectivity index (χ0n) is 13.3. The number of hydrogen-bond acceptors (Lipinski definition) is 6. The highest BCUT2D eigenvalue weighted by molar-refractivity contribution is 7.85. The highest BCUT2D eigenvalue weighted by atomic mass is 32.2. The number of halogens is 3. The topological polar surface area (TPSA) is 85.0 Å². The van der Waals surface area contributed by atoms with E-state index in [1.54, 1.807) is 10.6 Å². The molecule has 0 radical (unpaired) electrons. The molecule has 0 N–H and O–H groups in total. The minimum Gasteiger partial charge on any atom is -0.410 e. The van der Waals surface area contributed by atoms with E-state index in [9.17, 15) is 17.4 Å². The third-order valence-electron chi connectivity index (χ3n) is 3.24. The standard InChI is InChI=1S/C15H12F3N5O2S/c1-26(24)23(11-5-3-2-4-6-11)9-10-7-19-12(20-8-10)13-21-22-14(25-13)15(16,17)18/h2-8H,9H2,1H3. The van der Waals surface area contributed by atoms with Crippen molar-refractivity contribution in [2.75, 3.05) is 10.6 Å². The maximum absolute atomic E-state index is 12.5. The number of rotatable bonds is 5. The molecule has 7 nitrogen and oxygen atoms in total. The van der Waals surface area contributed by atoms with E-state index in [0.717, 1.165) is 5.69 Å². The summed E-state index contributed by atoms with van der Waals surface area (Å²) in [5.74, 6) is -2.01. The molecule has 26 heavy (non-hydrogen) atoms. The molecule has 0 aliphatic heterocycles. The summed E-state index contributed by atoms with van der Waals surface area (Å²) in [7, 11) is -1.29. The van der Waals surface area contributed by atoms with Crippen LogP contribution in [0.2, 0.25) is 0 Å². The molecule has 0 aliphatic carbocycles. The minimum absolute atomic E-state index is 0.124. The number of aromatic nitrogens is 4. The van der Waals surface area contributed by atoms with Gasteiger partial charge in [-0.2, -0.15) is 13.2 Å². The summed E-state index contributed by atoms with van der Waals surface area (Å²) in [6, 6.07) is 9.12. The number of benzene rings is 1. The quantitative estimate of drug-likeness (QED) is 0.674.